The number of thioether (sulfide) groups is 1. The Labute approximate surface area is 166 Å². The number of fused-ring (bicyclic) bond motifs is 3. The van der Waals surface area contributed by atoms with Crippen LogP contribution in [0, 0.1) is 6.92 Å². The van der Waals surface area contributed by atoms with Crippen LogP contribution in [0.2, 0.25) is 0 Å². The first kappa shape index (κ1) is 18.2. The number of carbonyl (C=O) groups excluding carboxylic acids is 1. The zero-order valence-corrected chi connectivity index (χ0v) is 17.0. The number of hydrogen-bond acceptors (Lipinski definition) is 6. The summed E-state index contributed by atoms with van der Waals surface area (Å²) in [6, 6.07) is 7.73. The number of benzene rings is 1. The monoisotopic (exact) mass is 400 g/mol. The van der Waals surface area contributed by atoms with Gasteiger partial charge in [-0.1, -0.05) is 29.5 Å². The Morgan fingerprint density at radius 3 is 2.89 bits per heavy atom. The Kier molecular flexibility index (Phi) is 5.03. The summed E-state index contributed by atoms with van der Waals surface area (Å²) in [6.07, 6.45) is 1.01. The van der Waals surface area contributed by atoms with Crippen LogP contribution in [-0.4, -0.2) is 35.2 Å². The molecule has 1 aromatic carbocycles. The number of nitrogens with one attached hydrogen (secondary N) is 2. The molecule has 4 rings (SSSR count). The van der Waals surface area contributed by atoms with Gasteiger partial charge in [0.2, 0.25) is 5.91 Å². The predicted octanol–water partition coefficient (Wildman–Crippen LogP) is 1.88. The first-order valence-electron chi connectivity index (χ1n) is 8.88. The van der Waals surface area contributed by atoms with Gasteiger partial charge in [-0.25, -0.2) is 9.97 Å². The topological polar surface area (TPSA) is 85.3 Å². The van der Waals surface area contributed by atoms with Gasteiger partial charge in [0.25, 0.3) is 0 Å². The van der Waals surface area contributed by atoms with Crippen LogP contribution in [0.1, 0.15) is 16.0 Å². The second-order valence-corrected chi connectivity index (χ2v) is 8.94. The number of aromatic nitrogens is 2. The molecule has 4 N–H and O–H groups in total. The molecule has 2 aromatic heterocycles. The van der Waals surface area contributed by atoms with Crippen LogP contribution < -0.4 is 16.0 Å². The smallest absolute Gasteiger partial charge is 0.234 e. The summed E-state index contributed by atoms with van der Waals surface area (Å²) in [5.74, 6) is 0.692. The second-order valence-electron chi connectivity index (χ2n) is 6.91. The molecule has 0 radical (unpaired) electrons. The molecule has 0 bridgehead atoms. The molecule has 27 heavy (non-hydrogen) atoms. The van der Waals surface area contributed by atoms with E-state index in [1.807, 2.05) is 31.2 Å². The van der Waals surface area contributed by atoms with E-state index in [9.17, 15) is 4.79 Å². The van der Waals surface area contributed by atoms with E-state index in [2.05, 4.69) is 22.3 Å². The second kappa shape index (κ2) is 7.46. The zero-order valence-electron chi connectivity index (χ0n) is 15.3. The quantitative estimate of drug-likeness (QED) is 0.460. The molecule has 1 aliphatic heterocycles. The van der Waals surface area contributed by atoms with Gasteiger partial charge in [-0.3, -0.25) is 4.79 Å². The van der Waals surface area contributed by atoms with Crippen molar-refractivity contribution in [2.24, 2.45) is 0 Å². The molecule has 8 heteroatoms. The zero-order chi connectivity index (χ0) is 19.0. The van der Waals surface area contributed by atoms with Gasteiger partial charge in [0.1, 0.15) is 17.2 Å². The normalized spacial score (nSPS) is 16.3. The number of rotatable bonds is 4. The number of carbonyl (C=O) groups is 1. The van der Waals surface area contributed by atoms with Crippen molar-refractivity contribution in [3.63, 3.8) is 0 Å². The summed E-state index contributed by atoms with van der Waals surface area (Å²) in [5.41, 5.74) is 9.50. The summed E-state index contributed by atoms with van der Waals surface area (Å²) in [6.45, 7) is 4.13. The minimum Gasteiger partial charge on any atom is -0.383 e. The van der Waals surface area contributed by atoms with E-state index in [-0.39, 0.29) is 11.7 Å². The number of nitrogen functional groups attached to an aromatic ring is 1. The van der Waals surface area contributed by atoms with Crippen molar-refractivity contribution in [2.45, 2.75) is 25.0 Å². The molecular weight excluding hydrogens is 378 g/mol. The molecule has 1 atom stereocenters. The van der Waals surface area contributed by atoms with Gasteiger partial charge < -0.3 is 16.0 Å². The van der Waals surface area contributed by atoms with Crippen LogP contribution in [0.25, 0.3) is 10.2 Å². The number of aryl methyl sites for hydroxylation is 1. The van der Waals surface area contributed by atoms with Crippen LogP contribution in [0.5, 0.6) is 0 Å². The molecule has 1 aliphatic rings. The summed E-state index contributed by atoms with van der Waals surface area (Å²) >= 11 is 3.02. The molecule has 1 amide bonds. The lowest BCUT2D eigenvalue weighted by atomic mass is 10.1. The largest absolute Gasteiger partial charge is 0.383 e. The fourth-order valence-electron chi connectivity index (χ4n) is 3.25. The Morgan fingerprint density at radius 1 is 1.33 bits per heavy atom. The lowest BCUT2D eigenvalue weighted by molar-refractivity contribution is -0.895. The first-order chi connectivity index (χ1) is 13.0. The van der Waals surface area contributed by atoms with Crippen molar-refractivity contribution in [3.8, 4) is 0 Å². The Bertz CT molecular complexity index is 999. The minimum absolute atomic E-state index is 0.0816. The van der Waals surface area contributed by atoms with Crippen molar-refractivity contribution in [1.29, 1.82) is 0 Å². The third-order valence-corrected chi connectivity index (χ3v) is 6.65. The maximum Gasteiger partial charge on any atom is 0.234 e. The number of nitrogens with two attached hydrogens (primary N) is 1. The maximum atomic E-state index is 12.2. The van der Waals surface area contributed by atoms with Crippen LogP contribution in [0.15, 0.2) is 29.4 Å². The van der Waals surface area contributed by atoms with E-state index < -0.39 is 0 Å². The molecule has 0 spiro atoms. The van der Waals surface area contributed by atoms with Gasteiger partial charge in [0, 0.05) is 12.1 Å². The molecule has 0 aliphatic carbocycles. The number of amides is 1. The van der Waals surface area contributed by atoms with Crippen LogP contribution in [0.4, 0.5) is 11.5 Å². The van der Waals surface area contributed by atoms with E-state index in [4.69, 9.17) is 5.73 Å². The predicted molar refractivity (Wildman–Crippen MR) is 112 cm³/mol. The summed E-state index contributed by atoms with van der Waals surface area (Å²) < 4.78 is 0. The van der Waals surface area contributed by atoms with E-state index in [0.29, 0.717) is 11.0 Å². The molecule has 0 saturated carbocycles. The highest BCUT2D eigenvalue weighted by Gasteiger charge is 2.24. The third kappa shape index (κ3) is 3.92. The highest BCUT2D eigenvalue weighted by Crippen LogP contribution is 2.35. The Morgan fingerprint density at radius 2 is 2.11 bits per heavy atom. The van der Waals surface area contributed by atoms with Crippen LogP contribution >= 0.6 is 23.1 Å². The standard InChI is InChI=1S/C19H21N5OS2/c1-11-3-5-12(6-4-11)21-15(25)10-26-19-22-17(20)16-13-7-8-24(2)9-14(13)27-18(16)23-19/h3-6H,7-10H2,1-2H3,(H,21,25)(H2,20,22,23)/p+1. The van der Waals surface area contributed by atoms with Crippen molar-refractivity contribution < 1.29 is 9.69 Å². The number of likely N-dealkylation sites (N-methyl/N-ethyl adjacent to an activating group) is 1. The lowest BCUT2D eigenvalue weighted by Gasteiger charge is -2.19. The van der Waals surface area contributed by atoms with Crippen molar-refractivity contribution in [1.82, 2.24) is 9.97 Å². The minimum atomic E-state index is -0.0816. The molecule has 140 valence electrons. The van der Waals surface area contributed by atoms with Gasteiger partial charge >= 0.3 is 0 Å². The van der Waals surface area contributed by atoms with Gasteiger partial charge in [-0.15, -0.1) is 11.3 Å². The van der Waals surface area contributed by atoms with Crippen molar-refractivity contribution >= 4 is 50.7 Å². The van der Waals surface area contributed by atoms with Gasteiger partial charge in [-0.05, 0) is 24.6 Å². The molecule has 1 unspecified atom stereocenters. The summed E-state index contributed by atoms with van der Waals surface area (Å²) in [4.78, 5) is 25.1. The van der Waals surface area contributed by atoms with Gasteiger partial charge in [-0.2, -0.15) is 0 Å². The highest BCUT2D eigenvalue weighted by molar-refractivity contribution is 7.99. The Hall–Kier alpha value is -2.16. The van der Waals surface area contributed by atoms with Crippen molar-refractivity contribution in [2.75, 3.05) is 30.4 Å². The highest BCUT2D eigenvalue weighted by atomic mass is 32.2. The van der Waals surface area contributed by atoms with E-state index >= 15 is 0 Å². The molecule has 3 aromatic rings. The number of anilines is 2. The number of nitrogens with zero attached hydrogens (tertiary/aromatic N) is 2. The Balaban J connectivity index is 1.47. The summed E-state index contributed by atoms with van der Waals surface area (Å²) in [7, 11) is 2.20. The van der Waals surface area contributed by atoms with E-state index in [1.165, 1.54) is 27.1 Å². The molecule has 6 nitrogen and oxygen atoms in total. The average Bonchev–Trinajstić information content (AvgIpc) is 2.99. The fraction of sp³-hybridized carbons (Fsp3) is 0.316. The molecule has 0 saturated heterocycles. The number of hydrogen-bond donors (Lipinski definition) is 3. The van der Waals surface area contributed by atoms with Gasteiger partial charge in [0.15, 0.2) is 5.16 Å². The van der Waals surface area contributed by atoms with Crippen molar-refractivity contribution in [3.05, 3.63) is 40.3 Å². The average molecular weight is 401 g/mol. The van der Waals surface area contributed by atoms with E-state index in [0.717, 1.165) is 41.0 Å². The van der Waals surface area contributed by atoms with Crippen LogP contribution in [0.3, 0.4) is 0 Å². The maximum absolute atomic E-state index is 12.2. The van der Waals surface area contributed by atoms with Gasteiger partial charge in [0.05, 0.1) is 29.6 Å². The third-order valence-electron chi connectivity index (χ3n) is 4.67. The summed E-state index contributed by atoms with van der Waals surface area (Å²) in [5, 5.41) is 4.45. The number of quaternary nitrogens is 1. The lowest BCUT2D eigenvalue weighted by Crippen LogP contribution is -3.08. The fourth-order valence-corrected chi connectivity index (χ4v) is 5.30. The first-order valence-corrected chi connectivity index (χ1v) is 10.7. The molecular formula is C19H22N5OS2+. The molecule has 0 fully saturated rings. The SMILES string of the molecule is Cc1ccc(NC(=O)CSc2nc(N)c3c4c(sc3n2)C[NH+](C)CC4)cc1. The van der Waals surface area contributed by atoms with E-state index in [1.54, 1.807) is 11.3 Å². The molecule has 3 heterocycles. The number of thiophene rings is 1. The van der Waals surface area contributed by atoms with Crippen LogP contribution in [-0.2, 0) is 17.8 Å².